The summed E-state index contributed by atoms with van der Waals surface area (Å²) in [5.74, 6) is -0.514. The van der Waals surface area contributed by atoms with E-state index in [0.717, 1.165) is 11.3 Å². The third kappa shape index (κ3) is 3.63. The maximum absolute atomic E-state index is 11.8. The first-order chi connectivity index (χ1) is 8.99. The van der Waals surface area contributed by atoms with E-state index in [9.17, 15) is 13.2 Å². The molecule has 0 saturated heterocycles. The van der Waals surface area contributed by atoms with Gasteiger partial charge in [-0.25, -0.2) is 8.42 Å². The van der Waals surface area contributed by atoms with Gasteiger partial charge in [0.05, 0.1) is 3.79 Å². The summed E-state index contributed by atoms with van der Waals surface area (Å²) in [6.45, 7) is 0. The van der Waals surface area contributed by atoms with Crippen molar-refractivity contribution in [3.05, 3.63) is 51.8 Å². The first-order valence-electron chi connectivity index (χ1n) is 5.11. The minimum absolute atomic E-state index is 0.118. The Bertz CT molecular complexity index is 683. The van der Waals surface area contributed by atoms with Gasteiger partial charge >= 0.3 is 0 Å². The summed E-state index contributed by atoms with van der Waals surface area (Å²) < 4.78 is 24.5. The first kappa shape index (κ1) is 14.2. The summed E-state index contributed by atoms with van der Waals surface area (Å²) in [4.78, 5) is 13.7. The van der Waals surface area contributed by atoms with E-state index in [-0.39, 0.29) is 4.21 Å². The summed E-state index contributed by atoms with van der Waals surface area (Å²) in [6.07, 6.45) is 0. The molecule has 2 rings (SSSR count). The van der Waals surface area contributed by atoms with Gasteiger partial charge in [0.15, 0.2) is 0 Å². The lowest BCUT2D eigenvalue weighted by atomic mass is 10.2. The third-order valence-electron chi connectivity index (χ3n) is 2.15. The Kier molecular flexibility index (Phi) is 4.35. The molecule has 0 unspecified atom stereocenters. The monoisotopic (exact) mass is 360 g/mol. The quantitative estimate of drug-likeness (QED) is 0.820. The largest absolute Gasteiger partial charge is 0.273 e. The van der Waals surface area contributed by atoms with Crippen LogP contribution in [0.3, 0.4) is 0 Å². The molecule has 19 heavy (non-hydrogen) atoms. The molecule has 0 radical (unpaired) electrons. The van der Waals surface area contributed by atoms with Crippen molar-refractivity contribution >= 4 is 43.2 Å². The molecule has 2 N–H and O–H groups in total. The van der Waals surface area contributed by atoms with Crippen LogP contribution in [0.25, 0.3) is 0 Å². The fraction of sp³-hybridized carbons (Fsp3) is 0. The number of amides is 1. The molecular formula is C11H9BrN2O3S2. The maximum atomic E-state index is 11.8. The van der Waals surface area contributed by atoms with E-state index in [1.165, 1.54) is 6.07 Å². The second-order valence-corrected chi connectivity index (χ2v) is 7.86. The van der Waals surface area contributed by atoms with Crippen molar-refractivity contribution in [1.29, 1.82) is 0 Å². The third-order valence-corrected chi connectivity index (χ3v) is 5.51. The number of rotatable bonds is 4. The van der Waals surface area contributed by atoms with Crippen LogP contribution in [0.4, 0.5) is 0 Å². The molecule has 1 heterocycles. The standard InChI is InChI=1S/C11H9BrN2O3S2/c12-9-6-7-10(18-9)19(16,17)14-13-11(15)8-4-2-1-3-5-8/h1-7,14H,(H,13,15). The summed E-state index contributed by atoms with van der Waals surface area (Å²) in [5.41, 5.74) is 2.53. The summed E-state index contributed by atoms with van der Waals surface area (Å²) in [7, 11) is -3.74. The van der Waals surface area contributed by atoms with Gasteiger partial charge in [-0.3, -0.25) is 10.2 Å². The van der Waals surface area contributed by atoms with E-state index in [1.54, 1.807) is 36.4 Å². The van der Waals surface area contributed by atoms with Gasteiger partial charge in [0.2, 0.25) is 0 Å². The topological polar surface area (TPSA) is 75.3 Å². The molecule has 1 amide bonds. The Morgan fingerprint density at radius 3 is 2.37 bits per heavy atom. The van der Waals surface area contributed by atoms with Gasteiger partial charge < -0.3 is 0 Å². The Labute approximate surface area is 122 Å². The average molecular weight is 361 g/mol. The highest BCUT2D eigenvalue weighted by Crippen LogP contribution is 2.25. The number of benzene rings is 1. The number of thiophene rings is 1. The van der Waals surface area contributed by atoms with Gasteiger partial charge in [0.1, 0.15) is 4.21 Å². The second-order valence-electron chi connectivity index (χ2n) is 3.48. The van der Waals surface area contributed by atoms with E-state index >= 15 is 0 Å². The van der Waals surface area contributed by atoms with E-state index in [2.05, 4.69) is 21.4 Å². The van der Waals surface area contributed by atoms with E-state index in [1.807, 2.05) is 4.83 Å². The molecule has 8 heteroatoms. The highest BCUT2D eigenvalue weighted by Gasteiger charge is 2.17. The molecule has 0 bridgehead atoms. The highest BCUT2D eigenvalue weighted by molar-refractivity contribution is 9.11. The number of hydrogen-bond donors (Lipinski definition) is 2. The first-order valence-corrected chi connectivity index (χ1v) is 8.21. The van der Waals surface area contributed by atoms with Crippen LogP contribution in [0, 0.1) is 0 Å². The molecule has 1 aromatic carbocycles. The van der Waals surface area contributed by atoms with E-state index < -0.39 is 15.9 Å². The van der Waals surface area contributed by atoms with Crippen molar-refractivity contribution in [3.8, 4) is 0 Å². The van der Waals surface area contributed by atoms with Crippen molar-refractivity contribution in [2.75, 3.05) is 0 Å². The van der Waals surface area contributed by atoms with Gasteiger partial charge in [0.25, 0.3) is 15.9 Å². The number of hydrogen-bond acceptors (Lipinski definition) is 4. The van der Waals surface area contributed by atoms with Gasteiger partial charge in [0, 0.05) is 5.56 Å². The lowest BCUT2D eigenvalue weighted by Crippen LogP contribution is -2.41. The molecule has 0 aliphatic rings. The van der Waals surface area contributed by atoms with E-state index in [4.69, 9.17) is 0 Å². The fourth-order valence-electron chi connectivity index (χ4n) is 1.27. The molecule has 0 atom stereocenters. The van der Waals surface area contributed by atoms with Crippen LogP contribution in [0.2, 0.25) is 0 Å². The predicted octanol–water partition coefficient (Wildman–Crippen LogP) is 2.13. The zero-order valence-electron chi connectivity index (χ0n) is 9.46. The van der Waals surface area contributed by atoms with Gasteiger partial charge in [-0.1, -0.05) is 18.2 Å². The van der Waals surface area contributed by atoms with Crippen molar-refractivity contribution in [2.24, 2.45) is 0 Å². The van der Waals surface area contributed by atoms with Crippen molar-refractivity contribution in [1.82, 2.24) is 10.3 Å². The minimum Gasteiger partial charge on any atom is -0.273 e. The molecule has 2 aromatic rings. The lowest BCUT2D eigenvalue weighted by molar-refractivity contribution is 0.0945. The van der Waals surface area contributed by atoms with Gasteiger partial charge in [-0.2, -0.15) is 0 Å². The molecule has 5 nitrogen and oxygen atoms in total. The van der Waals surface area contributed by atoms with Crippen molar-refractivity contribution in [3.63, 3.8) is 0 Å². The van der Waals surface area contributed by atoms with Crippen LogP contribution in [-0.4, -0.2) is 14.3 Å². The number of hydrazine groups is 1. The highest BCUT2D eigenvalue weighted by atomic mass is 79.9. The summed E-state index contributed by atoms with van der Waals surface area (Å²) in [6, 6.07) is 11.4. The molecule has 0 saturated carbocycles. The molecule has 0 fully saturated rings. The molecule has 1 aromatic heterocycles. The minimum atomic E-state index is -3.74. The normalized spacial score (nSPS) is 11.2. The Balaban J connectivity index is 2.05. The van der Waals surface area contributed by atoms with Crippen LogP contribution in [-0.2, 0) is 10.0 Å². The van der Waals surface area contributed by atoms with Crippen molar-refractivity contribution in [2.45, 2.75) is 4.21 Å². The number of sulfonamides is 1. The smallest absolute Gasteiger partial charge is 0.266 e. The zero-order chi connectivity index (χ0) is 13.9. The Morgan fingerprint density at radius 2 is 1.79 bits per heavy atom. The van der Waals surface area contributed by atoms with E-state index in [0.29, 0.717) is 9.35 Å². The second kappa shape index (κ2) is 5.83. The van der Waals surface area contributed by atoms with Crippen molar-refractivity contribution < 1.29 is 13.2 Å². The Hall–Kier alpha value is -1.22. The molecule has 0 aliphatic carbocycles. The molecular weight excluding hydrogens is 352 g/mol. The van der Waals surface area contributed by atoms with Gasteiger partial charge in [-0.05, 0) is 40.2 Å². The van der Waals surface area contributed by atoms with Crippen LogP contribution in [0.5, 0.6) is 0 Å². The molecule has 0 aliphatic heterocycles. The predicted molar refractivity (Wildman–Crippen MR) is 76.2 cm³/mol. The fourth-order valence-corrected chi connectivity index (χ4v) is 4.12. The number of halogens is 1. The van der Waals surface area contributed by atoms with Crippen LogP contribution < -0.4 is 10.3 Å². The van der Waals surface area contributed by atoms with Crippen LogP contribution in [0.1, 0.15) is 10.4 Å². The zero-order valence-corrected chi connectivity index (χ0v) is 12.7. The molecule has 100 valence electrons. The van der Waals surface area contributed by atoms with Crippen LogP contribution >= 0.6 is 27.3 Å². The lowest BCUT2D eigenvalue weighted by Gasteiger charge is -2.06. The summed E-state index contributed by atoms with van der Waals surface area (Å²) >= 11 is 4.24. The summed E-state index contributed by atoms with van der Waals surface area (Å²) in [5, 5.41) is 0. The Morgan fingerprint density at radius 1 is 1.11 bits per heavy atom. The number of carbonyl (C=O) groups is 1. The SMILES string of the molecule is O=C(NNS(=O)(=O)c1ccc(Br)s1)c1ccccc1. The number of carbonyl (C=O) groups excluding carboxylic acids is 1. The maximum Gasteiger partial charge on any atom is 0.266 e. The van der Waals surface area contributed by atoms with Gasteiger partial charge in [-0.15, -0.1) is 16.2 Å². The number of nitrogens with one attached hydrogen (secondary N) is 2. The van der Waals surface area contributed by atoms with Crippen LogP contribution in [0.15, 0.2) is 50.5 Å². The molecule has 0 spiro atoms. The average Bonchev–Trinajstić information content (AvgIpc) is 2.85.